The molecule has 0 atom stereocenters. The number of hydrogen-bond donors (Lipinski definition) is 2. The van der Waals surface area contributed by atoms with E-state index in [4.69, 9.17) is 9.84 Å². The number of nitrogens with one attached hydrogen (secondary N) is 1. The normalized spacial score (nSPS) is 22.6. The van der Waals surface area contributed by atoms with Crippen molar-refractivity contribution in [3.8, 4) is 5.75 Å². The first kappa shape index (κ1) is 20.4. The maximum Gasteiger partial charge on any atom is 0.317 e. The lowest BCUT2D eigenvalue weighted by atomic mass is 9.85. The van der Waals surface area contributed by atoms with Crippen molar-refractivity contribution in [1.29, 1.82) is 0 Å². The molecule has 8 nitrogen and oxygen atoms in total. The summed E-state index contributed by atoms with van der Waals surface area (Å²) < 4.78 is 6.06. The molecule has 1 aliphatic heterocycles. The minimum atomic E-state index is -0.804. The van der Waals surface area contributed by atoms with Crippen LogP contribution in [-0.4, -0.2) is 76.3 Å². The van der Waals surface area contributed by atoms with Crippen LogP contribution in [0.25, 0.3) is 0 Å². The fourth-order valence-corrected chi connectivity index (χ4v) is 3.89. The van der Waals surface area contributed by atoms with Gasteiger partial charge in [0.25, 0.3) is 0 Å². The topological polar surface area (TPSA) is 95.0 Å². The van der Waals surface area contributed by atoms with Crippen LogP contribution >= 0.6 is 0 Å². The van der Waals surface area contributed by atoms with Crippen LogP contribution in [0.4, 0.5) is 4.79 Å². The van der Waals surface area contributed by atoms with Crippen LogP contribution < -0.4 is 10.1 Å². The minimum Gasteiger partial charge on any atom is -0.490 e. The molecule has 0 spiro atoms. The Morgan fingerprint density at radius 3 is 2.68 bits per heavy atom. The van der Waals surface area contributed by atoms with E-state index in [1.54, 1.807) is 12.4 Å². The molecule has 2 heterocycles. The number of aryl methyl sites for hydroxylation is 1. The van der Waals surface area contributed by atoms with Crippen molar-refractivity contribution in [3.63, 3.8) is 0 Å². The van der Waals surface area contributed by atoms with E-state index < -0.39 is 5.97 Å². The molecule has 2 amide bonds. The predicted octanol–water partition coefficient (Wildman–Crippen LogP) is 1.88. The average Bonchev–Trinajstić information content (AvgIpc) is 2.65. The largest absolute Gasteiger partial charge is 0.490 e. The first-order valence-electron chi connectivity index (χ1n) is 10.0. The highest BCUT2D eigenvalue weighted by Gasteiger charge is 2.36. The average molecular weight is 390 g/mol. The van der Waals surface area contributed by atoms with E-state index in [1.807, 2.05) is 29.7 Å². The van der Waals surface area contributed by atoms with Gasteiger partial charge in [-0.3, -0.25) is 14.7 Å². The number of pyridine rings is 1. The Morgan fingerprint density at radius 1 is 1.36 bits per heavy atom. The SMILES string of the molecule is CCN(CC(=O)O)C1CC(NC(=O)N2CCC(Oc3ccncc3C)CC2)C1. The molecule has 154 valence electrons. The predicted molar refractivity (Wildman–Crippen MR) is 104 cm³/mol. The molecule has 2 N–H and O–H groups in total. The fourth-order valence-electron chi connectivity index (χ4n) is 3.89. The zero-order valence-corrected chi connectivity index (χ0v) is 16.6. The van der Waals surface area contributed by atoms with Gasteiger partial charge in [0.05, 0.1) is 6.54 Å². The van der Waals surface area contributed by atoms with Crippen LogP contribution in [0.2, 0.25) is 0 Å². The summed E-state index contributed by atoms with van der Waals surface area (Å²) in [4.78, 5) is 31.3. The van der Waals surface area contributed by atoms with Crippen molar-refractivity contribution < 1.29 is 19.4 Å². The Labute approximate surface area is 165 Å². The molecule has 0 radical (unpaired) electrons. The van der Waals surface area contributed by atoms with Crippen molar-refractivity contribution >= 4 is 12.0 Å². The van der Waals surface area contributed by atoms with Crippen LogP contribution in [0.15, 0.2) is 18.5 Å². The van der Waals surface area contributed by atoms with Gasteiger partial charge in [0.15, 0.2) is 0 Å². The summed E-state index contributed by atoms with van der Waals surface area (Å²) in [5.41, 5.74) is 1.02. The number of nitrogens with zero attached hydrogens (tertiary/aromatic N) is 3. The number of amides is 2. The van der Waals surface area contributed by atoms with Gasteiger partial charge < -0.3 is 20.1 Å². The molecule has 0 unspecified atom stereocenters. The number of urea groups is 1. The van der Waals surface area contributed by atoms with Gasteiger partial charge in [-0.15, -0.1) is 0 Å². The minimum absolute atomic E-state index is 0.0247. The number of carbonyl (C=O) groups is 2. The van der Waals surface area contributed by atoms with Crippen LogP contribution in [-0.2, 0) is 4.79 Å². The van der Waals surface area contributed by atoms with Gasteiger partial charge in [-0.2, -0.15) is 0 Å². The number of likely N-dealkylation sites (tertiary alicyclic amines) is 1. The molecule has 1 saturated heterocycles. The molecule has 2 fully saturated rings. The van der Waals surface area contributed by atoms with Gasteiger partial charge in [0.1, 0.15) is 11.9 Å². The second-order valence-electron chi connectivity index (χ2n) is 7.67. The summed E-state index contributed by atoms with van der Waals surface area (Å²) in [5.74, 6) is 0.0571. The smallest absolute Gasteiger partial charge is 0.317 e. The maximum absolute atomic E-state index is 12.5. The molecule has 1 aliphatic carbocycles. The number of likely N-dealkylation sites (N-methyl/N-ethyl adjacent to an activating group) is 1. The number of ether oxygens (including phenoxy) is 1. The third-order valence-electron chi connectivity index (χ3n) is 5.69. The van der Waals surface area contributed by atoms with E-state index >= 15 is 0 Å². The van der Waals surface area contributed by atoms with Gasteiger partial charge in [0, 0.05) is 56.0 Å². The number of carboxylic acids is 1. The summed E-state index contributed by atoms with van der Waals surface area (Å²) in [6, 6.07) is 2.23. The van der Waals surface area contributed by atoms with E-state index in [9.17, 15) is 9.59 Å². The summed E-state index contributed by atoms with van der Waals surface area (Å²) in [6.45, 7) is 6.07. The summed E-state index contributed by atoms with van der Waals surface area (Å²) in [5, 5.41) is 12.0. The highest BCUT2D eigenvalue weighted by molar-refractivity contribution is 5.74. The van der Waals surface area contributed by atoms with Gasteiger partial charge in [-0.1, -0.05) is 6.92 Å². The molecule has 28 heavy (non-hydrogen) atoms. The monoisotopic (exact) mass is 390 g/mol. The van der Waals surface area contributed by atoms with E-state index in [0.717, 1.165) is 37.0 Å². The summed E-state index contributed by atoms with van der Waals surface area (Å²) in [7, 11) is 0. The van der Waals surface area contributed by atoms with Crippen molar-refractivity contribution in [3.05, 3.63) is 24.0 Å². The number of aromatic nitrogens is 1. The molecule has 1 aromatic rings. The highest BCUT2D eigenvalue weighted by atomic mass is 16.5. The Hall–Kier alpha value is -2.35. The number of rotatable bonds is 7. The Morgan fingerprint density at radius 2 is 2.07 bits per heavy atom. The number of hydrogen-bond acceptors (Lipinski definition) is 5. The molecule has 1 saturated carbocycles. The number of carboxylic acid groups (broad SMARTS) is 1. The first-order chi connectivity index (χ1) is 13.5. The van der Waals surface area contributed by atoms with Crippen LogP contribution in [0.3, 0.4) is 0 Å². The standard InChI is InChI=1S/C20H30N4O4/c1-3-23(13-19(25)26)16-10-15(11-16)22-20(27)24-8-5-17(6-9-24)28-18-4-7-21-12-14(18)2/h4,7,12,15-17H,3,5-6,8-11,13H2,1-2H3,(H,22,27)(H,25,26). The molecular weight excluding hydrogens is 360 g/mol. The first-order valence-corrected chi connectivity index (χ1v) is 10.0. The molecule has 3 rings (SSSR count). The number of carbonyl (C=O) groups excluding carboxylic acids is 1. The van der Waals surface area contributed by atoms with Crippen LogP contribution in [0.5, 0.6) is 5.75 Å². The quantitative estimate of drug-likeness (QED) is 0.738. The van der Waals surface area contributed by atoms with Crippen molar-refractivity contribution in [2.24, 2.45) is 0 Å². The second-order valence-corrected chi connectivity index (χ2v) is 7.67. The molecule has 1 aromatic heterocycles. The van der Waals surface area contributed by atoms with Gasteiger partial charge in [-0.25, -0.2) is 4.79 Å². The number of piperidine rings is 1. The molecule has 2 aliphatic rings. The van der Waals surface area contributed by atoms with E-state index in [2.05, 4.69) is 10.3 Å². The van der Waals surface area contributed by atoms with Crippen molar-refractivity contribution in [2.75, 3.05) is 26.2 Å². The van der Waals surface area contributed by atoms with Gasteiger partial charge in [0.2, 0.25) is 0 Å². The fraction of sp³-hybridized carbons (Fsp3) is 0.650. The van der Waals surface area contributed by atoms with E-state index in [0.29, 0.717) is 19.6 Å². The molecule has 8 heteroatoms. The van der Waals surface area contributed by atoms with Gasteiger partial charge in [-0.05, 0) is 32.4 Å². The zero-order valence-electron chi connectivity index (χ0n) is 16.6. The maximum atomic E-state index is 12.5. The third kappa shape index (κ3) is 5.13. The lowest BCUT2D eigenvalue weighted by Gasteiger charge is -2.43. The lowest BCUT2D eigenvalue weighted by molar-refractivity contribution is -0.139. The Kier molecular flexibility index (Phi) is 6.72. The van der Waals surface area contributed by atoms with Crippen LogP contribution in [0.1, 0.15) is 38.2 Å². The zero-order chi connectivity index (χ0) is 20.1. The molecule has 0 aromatic carbocycles. The summed E-state index contributed by atoms with van der Waals surface area (Å²) >= 11 is 0. The van der Waals surface area contributed by atoms with Crippen LogP contribution in [0, 0.1) is 6.92 Å². The highest BCUT2D eigenvalue weighted by Crippen LogP contribution is 2.26. The molecular formula is C20H30N4O4. The van der Waals surface area contributed by atoms with E-state index in [-0.39, 0.29) is 30.8 Å². The Bertz CT molecular complexity index is 685. The van der Waals surface area contributed by atoms with Crippen molar-refractivity contribution in [2.45, 2.75) is 57.7 Å². The number of aliphatic carboxylic acids is 1. The Balaban J connectivity index is 1.38. The van der Waals surface area contributed by atoms with Crippen molar-refractivity contribution in [1.82, 2.24) is 20.1 Å². The van der Waals surface area contributed by atoms with Gasteiger partial charge >= 0.3 is 12.0 Å². The molecule has 0 bridgehead atoms. The second kappa shape index (κ2) is 9.23. The lowest BCUT2D eigenvalue weighted by Crippen LogP contribution is -2.57. The van der Waals surface area contributed by atoms with E-state index in [1.165, 1.54) is 0 Å². The summed E-state index contributed by atoms with van der Waals surface area (Å²) in [6.07, 6.45) is 6.89. The third-order valence-corrected chi connectivity index (χ3v) is 5.69.